The predicted octanol–water partition coefficient (Wildman–Crippen LogP) is 1.54. The van der Waals surface area contributed by atoms with Crippen molar-refractivity contribution in [2.45, 2.75) is 6.92 Å². The van der Waals surface area contributed by atoms with Crippen LogP contribution in [0.5, 0.6) is 0 Å². The van der Waals surface area contributed by atoms with Crippen molar-refractivity contribution >= 4 is 17.4 Å². The Labute approximate surface area is 101 Å². The molecule has 2 rings (SSSR count). The molecule has 0 unspecified atom stereocenters. The van der Waals surface area contributed by atoms with Gasteiger partial charge in [-0.3, -0.25) is 14.9 Å². The maximum Gasteiger partial charge on any atom is 0.270 e. The second kappa shape index (κ2) is 4.62. The van der Waals surface area contributed by atoms with Crippen LogP contribution in [0, 0.1) is 17.0 Å². The van der Waals surface area contributed by atoms with Gasteiger partial charge in [0.05, 0.1) is 4.92 Å². The lowest BCUT2D eigenvalue weighted by molar-refractivity contribution is -0.384. The number of hydrogen-bond donors (Lipinski definition) is 1. The molecule has 0 saturated carbocycles. The molecule has 18 heavy (non-hydrogen) atoms. The van der Waals surface area contributed by atoms with Gasteiger partial charge < -0.3 is 5.32 Å². The zero-order chi connectivity index (χ0) is 13.1. The van der Waals surface area contributed by atoms with E-state index in [1.165, 1.54) is 24.3 Å². The Morgan fingerprint density at radius 3 is 2.83 bits per heavy atom. The predicted molar refractivity (Wildman–Crippen MR) is 60.1 cm³/mol. The van der Waals surface area contributed by atoms with Crippen molar-refractivity contribution in [3.63, 3.8) is 0 Å². The number of carbonyl (C=O) groups is 1. The molecule has 0 aliphatic rings. The molecule has 0 saturated heterocycles. The van der Waals surface area contributed by atoms with Crippen molar-refractivity contribution in [1.29, 1.82) is 0 Å². The van der Waals surface area contributed by atoms with Gasteiger partial charge in [0.15, 0.2) is 0 Å². The van der Waals surface area contributed by atoms with Crippen LogP contribution in [0.4, 0.5) is 11.5 Å². The molecule has 0 radical (unpaired) electrons. The van der Waals surface area contributed by atoms with E-state index in [1.807, 2.05) is 0 Å². The minimum atomic E-state index is -0.570. The molecule has 0 aliphatic heterocycles. The molecule has 2 aromatic rings. The second-order valence-corrected chi connectivity index (χ2v) is 3.46. The second-order valence-electron chi connectivity index (χ2n) is 3.46. The molecule has 0 fully saturated rings. The molecule has 0 spiro atoms. The van der Waals surface area contributed by atoms with Gasteiger partial charge in [-0.15, -0.1) is 0 Å². The highest BCUT2D eigenvalue weighted by Crippen LogP contribution is 2.15. The number of non-ortho nitro benzene ring substituents is 1. The molecule has 1 aromatic carbocycles. The molecule has 8 heteroatoms. The molecule has 1 N–H and O–H groups in total. The maximum atomic E-state index is 11.8. The highest BCUT2D eigenvalue weighted by atomic mass is 16.6. The summed E-state index contributed by atoms with van der Waals surface area (Å²) < 4.78 is 4.42. The van der Waals surface area contributed by atoms with E-state index in [9.17, 15) is 14.9 Å². The number of hydrogen-bond acceptors (Lipinski definition) is 6. The fourth-order valence-electron chi connectivity index (χ4n) is 1.29. The Bertz CT molecular complexity index is 607. The molecule has 0 atom stereocenters. The number of nitro groups is 1. The van der Waals surface area contributed by atoms with Gasteiger partial charge in [0.2, 0.25) is 5.82 Å². The zero-order valence-corrected chi connectivity index (χ0v) is 9.28. The molecule has 0 bridgehead atoms. The van der Waals surface area contributed by atoms with E-state index in [2.05, 4.69) is 20.3 Å². The topological polar surface area (TPSA) is 111 Å². The van der Waals surface area contributed by atoms with Crippen LogP contribution in [0.15, 0.2) is 28.9 Å². The summed E-state index contributed by atoms with van der Waals surface area (Å²) in [7, 11) is 0. The zero-order valence-electron chi connectivity index (χ0n) is 9.28. The lowest BCUT2D eigenvalue weighted by Gasteiger charge is -2.01. The van der Waals surface area contributed by atoms with Crippen molar-refractivity contribution in [1.82, 2.24) is 10.3 Å². The largest absolute Gasteiger partial charge is 0.302 e. The highest BCUT2D eigenvalue weighted by Gasteiger charge is 2.14. The van der Waals surface area contributed by atoms with Gasteiger partial charge in [-0.25, -0.2) is 4.63 Å². The third kappa shape index (κ3) is 2.32. The van der Waals surface area contributed by atoms with Crippen LogP contribution in [-0.2, 0) is 0 Å². The summed E-state index contributed by atoms with van der Waals surface area (Å²) >= 11 is 0. The van der Waals surface area contributed by atoms with Crippen molar-refractivity contribution in [3.8, 4) is 0 Å². The average Bonchev–Trinajstić information content (AvgIpc) is 2.75. The Kier molecular flexibility index (Phi) is 3.00. The van der Waals surface area contributed by atoms with Gasteiger partial charge in [0.1, 0.15) is 5.69 Å². The standard InChI is InChI=1S/C10H8N4O4/c1-6-9(13-18-12-6)11-10(15)7-3-2-4-8(5-7)14(16)17/h2-5H,1H3,(H,11,13,15). The number of nitro benzene ring substituents is 1. The number of nitrogens with one attached hydrogen (secondary N) is 1. The summed E-state index contributed by atoms with van der Waals surface area (Å²) in [5.41, 5.74) is 0.429. The van der Waals surface area contributed by atoms with Crippen molar-refractivity contribution in [3.05, 3.63) is 45.6 Å². The SMILES string of the molecule is Cc1nonc1NC(=O)c1cccc([N+](=O)[O-])c1. The minimum absolute atomic E-state index is 0.155. The minimum Gasteiger partial charge on any atom is -0.302 e. The number of aromatic nitrogens is 2. The number of benzene rings is 1. The van der Waals surface area contributed by atoms with Crippen molar-refractivity contribution in [2.75, 3.05) is 5.32 Å². The van der Waals surface area contributed by atoms with Crippen molar-refractivity contribution < 1.29 is 14.3 Å². The van der Waals surface area contributed by atoms with Crippen LogP contribution < -0.4 is 5.32 Å². The van der Waals surface area contributed by atoms with Crippen LogP contribution in [-0.4, -0.2) is 21.1 Å². The van der Waals surface area contributed by atoms with E-state index in [4.69, 9.17) is 0 Å². The summed E-state index contributed by atoms with van der Waals surface area (Å²) in [4.78, 5) is 21.8. The van der Waals surface area contributed by atoms with Gasteiger partial charge in [0, 0.05) is 17.7 Å². The van der Waals surface area contributed by atoms with E-state index in [0.29, 0.717) is 5.69 Å². The molecule has 0 aliphatic carbocycles. The Morgan fingerprint density at radius 1 is 1.44 bits per heavy atom. The number of rotatable bonds is 3. The smallest absolute Gasteiger partial charge is 0.270 e. The average molecular weight is 248 g/mol. The first-order chi connectivity index (χ1) is 8.58. The van der Waals surface area contributed by atoms with E-state index >= 15 is 0 Å². The molecule has 8 nitrogen and oxygen atoms in total. The third-order valence-corrected chi connectivity index (χ3v) is 2.20. The summed E-state index contributed by atoms with van der Waals surface area (Å²) in [6.45, 7) is 1.61. The number of anilines is 1. The Hall–Kier alpha value is -2.77. The normalized spacial score (nSPS) is 10.1. The molecule has 1 aromatic heterocycles. The van der Waals surface area contributed by atoms with Gasteiger partial charge in [-0.2, -0.15) is 0 Å². The van der Waals surface area contributed by atoms with Gasteiger partial charge in [0.25, 0.3) is 11.6 Å². The number of amides is 1. The maximum absolute atomic E-state index is 11.8. The highest BCUT2D eigenvalue weighted by molar-refractivity contribution is 6.04. The van der Waals surface area contributed by atoms with Gasteiger partial charge in [-0.1, -0.05) is 11.2 Å². The Morgan fingerprint density at radius 2 is 2.22 bits per heavy atom. The first-order valence-corrected chi connectivity index (χ1v) is 4.93. The summed E-state index contributed by atoms with van der Waals surface area (Å²) in [5, 5.41) is 20.0. The summed E-state index contributed by atoms with van der Waals surface area (Å²) in [5.74, 6) is -0.330. The summed E-state index contributed by atoms with van der Waals surface area (Å²) in [6.07, 6.45) is 0. The number of aryl methyl sites for hydroxylation is 1. The fraction of sp³-hybridized carbons (Fsp3) is 0.100. The third-order valence-electron chi connectivity index (χ3n) is 2.20. The van der Waals surface area contributed by atoms with Gasteiger partial charge >= 0.3 is 0 Å². The van der Waals surface area contributed by atoms with E-state index < -0.39 is 10.8 Å². The van der Waals surface area contributed by atoms with Crippen LogP contribution in [0.2, 0.25) is 0 Å². The molecular weight excluding hydrogens is 240 g/mol. The monoisotopic (exact) mass is 248 g/mol. The van der Waals surface area contributed by atoms with Crippen LogP contribution >= 0.6 is 0 Å². The van der Waals surface area contributed by atoms with Gasteiger partial charge in [-0.05, 0) is 18.1 Å². The van der Waals surface area contributed by atoms with Crippen LogP contribution in [0.25, 0.3) is 0 Å². The lowest BCUT2D eigenvalue weighted by atomic mass is 10.2. The fourth-order valence-corrected chi connectivity index (χ4v) is 1.29. The molecular formula is C10H8N4O4. The molecule has 1 amide bonds. The first kappa shape index (κ1) is 11.7. The summed E-state index contributed by atoms with van der Waals surface area (Å²) in [6, 6.07) is 5.38. The molecule has 1 heterocycles. The van der Waals surface area contributed by atoms with E-state index in [0.717, 1.165) is 0 Å². The lowest BCUT2D eigenvalue weighted by Crippen LogP contribution is -2.13. The molecule has 92 valence electrons. The van der Waals surface area contributed by atoms with Crippen LogP contribution in [0.1, 0.15) is 16.1 Å². The Balaban J connectivity index is 2.21. The van der Waals surface area contributed by atoms with E-state index in [1.54, 1.807) is 6.92 Å². The van der Waals surface area contributed by atoms with E-state index in [-0.39, 0.29) is 17.1 Å². The van der Waals surface area contributed by atoms with Crippen molar-refractivity contribution in [2.24, 2.45) is 0 Å². The number of nitrogens with zero attached hydrogens (tertiary/aromatic N) is 3. The quantitative estimate of drug-likeness (QED) is 0.651. The number of carbonyl (C=O) groups excluding carboxylic acids is 1. The van der Waals surface area contributed by atoms with Crippen LogP contribution in [0.3, 0.4) is 0 Å². The first-order valence-electron chi connectivity index (χ1n) is 4.93.